The van der Waals surface area contributed by atoms with E-state index in [0.29, 0.717) is 10.8 Å². The molecule has 7 nitrogen and oxygen atoms in total. The lowest BCUT2D eigenvalue weighted by Crippen LogP contribution is -2.43. The van der Waals surface area contributed by atoms with Crippen LogP contribution in [-0.4, -0.2) is 31.4 Å². The normalized spacial score (nSPS) is 12.9. The van der Waals surface area contributed by atoms with E-state index in [4.69, 9.17) is 10.8 Å². The van der Waals surface area contributed by atoms with Gasteiger partial charge in [0.05, 0.1) is 11.3 Å². The Morgan fingerprint density at radius 1 is 1.14 bits per heavy atom. The summed E-state index contributed by atoms with van der Waals surface area (Å²) in [6.45, 7) is 0. The van der Waals surface area contributed by atoms with Gasteiger partial charge in [0.2, 0.25) is 15.9 Å². The van der Waals surface area contributed by atoms with Crippen molar-refractivity contribution in [1.82, 2.24) is 4.72 Å². The minimum Gasteiger partial charge on any atom is -0.480 e. The first-order valence-electron chi connectivity index (χ1n) is 6.32. The monoisotopic (exact) mass is 322 g/mol. The van der Waals surface area contributed by atoms with Crippen LogP contribution in [0.5, 0.6) is 0 Å². The van der Waals surface area contributed by atoms with Crippen molar-refractivity contribution in [3.8, 4) is 0 Å². The Kier molecular flexibility index (Phi) is 4.43. The summed E-state index contributed by atoms with van der Waals surface area (Å²) < 4.78 is 26.8. The predicted molar refractivity (Wildman–Crippen MR) is 79.5 cm³/mol. The Labute approximate surface area is 126 Å². The highest BCUT2D eigenvalue weighted by molar-refractivity contribution is 7.89. The summed E-state index contributed by atoms with van der Waals surface area (Å²) in [5.41, 5.74) is 4.94. The molecule has 0 saturated heterocycles. The maximum absolute atomic E-state index is 12.4. The third-order valence-electron chi connectivity index (χ3n) is 3.04. The van der Waals surface area contributed by atoms with Gasteiger partial charge in [-0.25, -0.2) is 8.42 Å². The molecule has 2 aromatic carbocycles. The standard InChI is InChI=1S/C14H14N2O5S/c15-13(17)8-11(14(18)19)16-22(20,21)12-7-3-5-9-4-1-2-6-10(9)12/h1-7,11,16H,8H2,(H2,15,17)(H,18,19)/t11-/m0/s1. The fourth-order valence-corrected chi connectivity index (χ4v) is 3.48. The van der Waals surface area contributed by atoms with E-state index in [9.17, 15) is 18.0 Å². The number of hydrogen-bond acceptors (Lipinski definition) is 4. The average Bonchev–Trinajstić information content (AvgIpc) is 2.45. The Bertz CT molecular complexity index is 827. The zero-order valence-corrected chi connectivity index (χ0v) is 12.2. The summed E-state index contributed by atoms with van der Waals surface area (Å²) >= 11 is 0. The lowest BCUT2D eigenvalue weighted by Gasteiger charge is -2.14. The van der Waals surface area contributed by atoms with Gasteiger partial charge in [0.15, 0.2) is 0 Å². The fraction of sp³-hybridized carbons (Fsp3) is 0.143. The summed E-state index contributed by atoms with van der Waals surface area (Å²) in [6, 6.07) is 9.86. The third-order valence-corrected chi connectivity index (χ3v) is 4.57. The number of carboxylic acids is 1. The van der Waals surface area contributed by atoms with Crippen LogP contribution in [0.2, 0.25) is 0 Å². The van der Waals surface area contributed by atoms with Gasteiger partial charge in [-0.1, -0.05) is 36.4 Å². The molecule has 0 fully saturated rings. The lowest BCUT2D eigenvalue weighted by molar-refractivity contribution is -0.140. The van der Waals surface area contributed by atoms with Crippen LogP contribution in [0.25, 0.3) is 10.8 Å². The molecule has 22 heavy (non-hydrogen) atoms. The molecule has 4 N–H and O–H groups in total. The van der Waals surface area contributed by atoms with Crippen molar-refractivity contribution >= 4 is 32.7 Å². The van der Waals surface area contributed by atoms with Gasteiger partial charge in [-0.05, 0) is 11.5 Å². The molecular formula is C14H14N2O5S. The summed E-state index contributed by atoms with van der Waals surface area (Å²) in [5, 5.41) is 10.2. The first kappa shape index (κ1) is 15.9. The molecule has 0 aliphatic carbocycles. The van der Waals surface area contributed by atoms with Crippen molar-refractivity contribution in [1.29, 1.82) is 0 Å². The number of amides is 1. The molecule has 0 saturated carbocycles. The number of rotatable bonds is 6. The van der Waals surface area contributed by atoms with Gasteiger partial charge in [-0.3, -0.25) is 9.59 Å². The largest absolute Gasteiger partial charge is 0.480 e. The van der Waals surface area contributed by atoms with E-state index in [2.05, 4.69) is 0 Å². The Hall–Kier alpha value is -2.45. The van der Waals surface area contributed by atoms with Crippen molar-refractivity contribution in [3.05, 3.63) is 42.5 Å². The minimum absolute atomic E-state index is 0.0543. The van der Waals surface area contributed by atoms with E-state index >= 15 is 0 Å². The molecule has 116 valence electrons. The molecular weight excluding hydrogens is 308 g/mol. The number of primary amides is 1. The molecule has 0 aliphatic rings. The Balaban J connectivity index is 2.44. The molecule has 0 heterocycles. The molecule has 1 atom stereocenters. The molecule has 2 aromatic rings. The van der Waals surface area contributed by atoms with E-state index in [1.807, 2.05) is 4.72 Å². The van der Waals surface area contributed by atoms with Gasteiger partial charge < -0.3 is 10.8 Å². The van der Waals surface area contributed by atoms with Gasteiger partial charge >= 0.3 is 5.97 Å². The van der Waals surface area contributed by atoms with E-state index in [-0.39, 0.29) is 4.90 Å². The maximum atomic E-state index is 12.4. The highest BCUT2D eigenvalue weighted by atomic mass is 32.2. The number of fused-ring (bicyclic) bond motifs is 1. The molecule has 2 rings (SSSR count). The first-order chi connectivity index (χ1) is 10.3. The number of nitrogens with two attached hydrogens (primary N) is 1. The number of carbonyl (C=O) groups excluding carboxylic acids is 1. The number of sulfonamides is 1. The minimum atomic E-state index is -4.12. The number of nitrogens with one attached hydrogen (secondary N) is 1. The van der Waals surface area contributed by atoms with Crippen LogP contribution in [-0.2, 0) is 19.6 Å². The number of carboxylic acid groups (broad SMARTS) is 1. The van der Waals surface area contributed by atoms with E-state index in [1.165, 1.54) is 6.07 Å². The van der Waals surface area contributed by atoms with Gasteiger partial charge in [-0.2, -0.15) is 4.72 Å². The molecule has 0 unspecified atom stereocenters. The highest BCUT2D eigenvalue weighted by Gasteiger charge is 2.27. The molecule has 8 heteroatoms. The van der Waals surface area contributed by atoms with Crippen molar-refractivity contribution in [2.75, 3.05) is 0 Å². The predicted octanol–water partition coefficient (Wildman–Crippen LogP) is 0.447. The van der Waals surface area contributed by atoms with Crippen molar-refractivity contribution in [3.63, 3.8) is 0 Å². The van der Waals surface area contributed by atoms with Gasteiger partial charge in [-0.15, -0.1) is 0 Å². The van der Waals surface area contributed by atoms with Crippen LogP contribution >= 0.6 is 0 Å². The quantitative estimate of drug-likeness (QED) is 0.711. The molecule has 0 spiro atoms. The summed E-state index contributed by atoms with van der Waals surface area (Å²) in [4.78, 5) is 21.9. The lowest BCUT2D eigenvalue weighted by atomic mass is 10.1. The van der Waals surface area contributed by atoms with Crippen LogP contribution in [0, 0.1) is 0 Å². The second-order valence-electron chi connectivity index (χ2n) is 4.66. The number of benzene rings is 2. The Morgan fingerprint density at radius 2 is 1.77 bits per heavy atom. The zero-order chi connectivity index (χ0) is 16.3. The van der Waals surface area contributed by atoms with Crippen molar-refractivity contribution in [2.45, 2.75) is 17.4 Å². The van der Waals surface area contributed by atoms with Gasteiger partial charge in [0.1, 0.15) is 6.04 Å². The van der Waals surface area contributed by atoms with Crippen LogP contribution in [0.15, 0.2) is 47.4 Å². The first-order valence-corrected chi connectivity index (χ1v) is 7.81. The highest BCUT2D eigenvalue weighted by Crippen LogP contribution is 2.22. The summed E-state index contributed by atoms with van der Waals surface area (Å²) in [6.07, 6.45) is -0.626. The van der Waals surface area contributed by atoms with Crippen molar-refractivity contribution < 1.29 is 23.1 Å². The number of aliphatic carboxylic acids is 1. The summed E-state index contributed by atoms with van der Waals surface area (Å²) in [5.74, 6) is -2.38. The van der Waals surface area contributed by atoms with Crippen LogP contribution in [0.3, 0.4) is 0 Å². The molecule has 0 bridgehead atoms. The second-order valence-corrected chi connectivity index (χ2v) is 6.34. The second kappa shape index (κ2) is 6.12. The van der Waals surface area contributed by atoms with Crippen molar-refractivity contribution in [2.24, 2.45) is 5.73 Å². The van der Waals surface area contributed by atoms with E-state index in [0.717, 1.165) is 0 Å². The maximum Gasteiger partial charge on any atom is 0.322 e. The number of carbonyl (C=O) groups is 2. The molecule has 1 amide bonds. The molecule has 0 radical (unpaired) electrons. The topological polar surface area (TPSA) is 127 Å². The number of hydrogen-bond donors (Lipinski definition) is 3. The average molecular weight is 322 g/mol. The van der Waals surface area contributed by atoms with Gasteiger partial charge in [0, 0.05) is 5.39 Å². The molecule has 0 aromatic heterocycles. The fourth-order valence-electron chi connectivity index (χ4n) is 2.06. The third kappa shape index (κ3) is 3.41. The smallest absolute Gasteiger partial charge is 0.322 e. The van der Waals surface area contributed by atoms with Crippen LogP contribution in [0.4, 0.5) is 0 Å². The molecule has 0 aliphatic heterocycles. The zero-order valence-electron chi connectivity index (χ0n) is 11.4. The summed E-state index contributed by atoms with van der Waals surface area (Å²) in [7, 11) is -4.12. The SMILES string of the molecule is NC(=O)C[C@H](NS(=O)(=O)c1cccc2ccccc12)C(=O)O. The van der Waals surface area contributed by atoms with E-state index < -0.39 is 34.4 Å². The van der Waals surface area contributed by atoms with Gasteiger partial charge in [0.25, 0.3) is 0 Å². The van der Waals surface area contributed by atoms with Crippen LogP contribution < -0.4 is 10.5 Å². The van der Waals surface area contributed by atoms with Crippen LogP contribution in [0.1, 0.15) is 6.42 Å². The Morgan fingerprint density at radius 3 is 2.41 bits per heavy atom. The van der Waals surface area contributed by atoms with E-state index in [1.54, 1.807) is 36.4 Å².